The molecule has 0 saturated heterocycles. The van der Waals surface area contributed by atoms with E-state index in [1.165, 1.54) is 0 Å². The fourth-order valence-corrected chi connectivity index (χ4v) is 20.6. The van der Waals surface area contributed by atoms with Crippen molar-refractivity contribution in [3.8, 4) is 0 Å². The zero-order chi connectivity index (χ0) is 18.4. The van der Waals surface area contributed by atoms with E-state index in [0.717, 1.165) is 12.5 Å². The zero-order valence-electron chi connectivity index (χ0n) is 16.6. The van der Waals surface area contributed by atoms with Gasteiger partial charge in [-0.1, -0.05) is 0 Å². The first-order valence-electron chi connectivity index (χ1n) is 8.47. The molecule has 1 N–H and O–H groups in total. The highest BCUT2D eigenvalue weighted by Crippen LogP contribution is 2.27. The molecule has 0 rings (SSSR count). The number of aliphatic hydroxyl groups is 1. The number of aliphatic hydroxyl groups excluding tert-OH is 1. The fraction of sp³-hybridized carbons (Fsp3) is 1.00. The second-order valence-electron chi connectivity index (χ2n) is 8.50. The maximum absolute atomic E-state index is 8.77. The van der Waals surface area contributed by atoms with Crippen molar-refractivity contribution in [3.63, 3.8) is 0 Å². The summed E-state index contributed by atoms with van der Waals surface area (Å²) in [6.45, 7) is 20.8. The summed E-state index contributed by atoms with van der Waals surface area (Å²) in [5, 5.41) is 8.77. The Morgan fingerprint density at radius 3 is 1.70 bits per heavy atom. The van der Waals surface area contributed by atoms with Crippen molar-refractivity contribution in [3.05, 3.63) is 0 Å². The van der Waals surface area contributed by atoms with Crippen molar-refractivity contribution in [1.82, 2.24) is 0 Å². The largest absolute Gasteiger partial charge is 0.437 e. The highest BCUT2D eigenvalue weighted by Gasteiger charge is 2.44. The fourth-order valence-electron chi connectivity index (χ4n) is 2.71. The third-order valence-electron chi connectivity index (χ3n) is 2.69. The molecule has 0 aliphatic heterocycles. The van der Waals surface area contributed by atoms with Crippen LogP contribution in [0.2, 0.25) is 65.0 Å². The lowest BCUT2D eigenvalue weighted by atomic mass is 10.5. The molecule has 0 fully saturated rings. The van der Waals surface area contributed by atoms with Crippen molar-refractivity contribution in [2.24, 2.45) is 0 Å². The lowest BCUT2D eigenvalue weighted by molar-refractivity contribution is 0.0918. The minimum atomic E-state index is -2.30. The third-order valence-corrected chi connectivity index (χ3v) is 16.2. The SMILES string of the molecule is C[Si](C)(C)O[Si](C)(C)O[Si](C)(CCCOCCO)O[Si](C)(C)C.[HH].[HH]. The van der Waals surface area contributed by atoms with Crippen LogP contribution in [0, 0.1) is 0 Å². The Morgan fingerprint density at radius 2 is 1.26 bits per heavy atom. The van der Waals surface area contributed by atoms with Crippen LogP contribution < -0.4 is 0 Å². The zero-order valence-corrected chi connectivity index (χ0v) is 20.6. The molecular formula is C14H42O5Si4. The molecule has 0 amide bonds. The number of rotatable bonds is 12. The first-order chi connectivity index (χ1) is 10.2. The number of hydrogen-bond donors (Lipinski definition) is 1. The maximum atomic E-state index is 8.77. The molecule has 1 unspecified atom stereocenters. The summed E-state index contributed by atoms with van der Waals surface area (Å²) in [6, 6.07) is 0.897. The molecule has 0 aromatic heterocycles. The number of ether oxygens (including phenoxy) is 1. The first-order valence-corrected chi connectivity index (χ1v) is 20.6. The van der Waals surface area contributed by atoms with E-state index < -0.39 is 33.8 Å². The first kappa shape index (κ1) is 23.7. The summed E-state index contributed by atoms with van der Waals surface area (Å²) in [4.78, 5) is 0. The summed E-state index contributed by atoms with van der Waals surface area (Å²) in [6.07, 6.45) is 0.893. The van der Waals surface area contributed by atoms with Crippen LogP contribution in [0.5, 0.6) is 0 Å². The molecule has 0 radical (unpaired) electrons. The van der Waals surface area contributed by atoms with Gasteiger partial charge in [-0.05, 0) is 71.4 Å². The second-order valence-corrected chi connectivity index (χ2v) is 25.0. The van der Waals surface area contributed by atoms with Crippen LogP contribution in [-0.4, -0.2) is 58.7 Å². The molecular weight excluding hydrogens is 360 g/mol. The smallest absolute Gasteiger partial charge is 0.315 e. The van der Waals surface area contributed by atoms with E-state index >= 15 is 0 Å². The lowest BCUT2D eigenvalue weighted by Crippen LogP contribution is -2.56. The normalized spacial score (nSPS) is 16.4. The Labute approximate surface area is 150 Å². The molecule has 0 heterocycles. The van der Waals surface area contributed by atoms with Gasteiger partial charge in [-0.2, -0.15) is 0 Å². The van der Waals surface area contributed by atoms with Gasteiger partial charge in [-0.25, -0.2) is 0 Å². The van der Waals surface area contributed by atoms with Crippen LogP contribution in [-0.2, 0) is 17.1 Å². The summed E-state index contributed by atoms with van der Waals surface area (Å²) in [5.74, 6) is 0. The Balaban J connectivity index is -0.00000242. The minimum absolute atomic E-state index is 0. The number of hydrogen-bond acceptors (Lipinski definition) is 5. The van der Waals surface area contributed by atoms with Gasteiger partial charge in [-0.3, -0.25) is 0 Å². The van der Waals surface area contributed by atoms with Crippen LogP contribution in [0.1, 0.15) is 9.27 Å². The van der Waals surface area contributed by atoms with Crippen molar-refractivity contribution < 1.29 is 25.0 Å². The predicted octanol–water partition coefficient (Wildman–Crippen LogP) is 4.37. The molecule has 0 aliphatic rings. The van der Waals surface area contributed by atoms with Gasteiger partial charge in [0, 0.05) is 9.46 Å². The van der Waals surface area contributed by atoms with E-state index in [1.807, 2.05) is 0 Å². The predicted molar refractivity (Wildman–Crippen MR) is 111 cm³/mol. The quantitative estimate of drug-likeness (QED) is 0.388. The van der Waals surface area contributed by atoms with Gasteiger partial charge in [0.25, 0.3) is 0 Å². The molecule has 144 valence electrons. The summed E-state index contributed by atoms with van der Waals surface area (Å²) >= 11 is 0. The Bertz CT molecular complexity index is 351. The van der Waals surface area contributed by atoms with E-state index in [4.69, 9.17) is 22.2 Å². The average Bonchev–Trinajstić information content (AvgIpc) is 2.20. The minimum Gasteiger partial charge on any atom is -0.437 e. The van der Waals surface area contributed by atoms with E-state index in [1.54, 1.807) is 0 Å². The molecule has 0 aromatic carbocycles. The Hall–Kier alpha value is 0.668. The summed E-state index contributed by atoms with van der Waals surface area (Å²) in [7, 11) is -7.84. The summed E-state index contributed by atoms with van der Waals surface area (Å²) in [5.41, 5.74) is 0. The molecule has 9 heteroatoms. The highest BCUT2D eigenvalue weighted by atomic mass is 28.5. The molecule has 0 spiro atoms. The van der Waals surface area contributed by atoms with Gasteiger partial charge in [0.1, 0.15) is 0 Å². The lowest BCUT2D eigenvalue weighted by Gasteiger charge is -2.41. The van der Waals surface area contributed by atoms with Crippen molar-refractivity contribution in [2.45, 2.75) is 71.4 Å². The molecule has 23 heavy (non-hydrogen) atoms. The average molecular weight is 403 g/mol. The standard InChI is InChI=1S/C14H38O5Si4.2H2/c1-20(2,3)17-22(7,8)19-23(9,18-21(4,5)6)14-10-12-16-13-11-15;;/h15H,10-14H2,1-9H3;2*1H. The van der Waals surface area contributed by atoms with Crippen LogP contribution in [0.4, 0.5) is 0 Å². The second kappa shape index (κ2) is 9.39. The molecule has 1 atom stereocenters. The molecule has 0 aromatic rings. The van der Waals surface area contributed by atoms with E-state index in [-0.39, 0.29) is 9.46 Å². The maximum Gasteiger partial charge on any atom is 0.315 e. The van der Waals surface area contributed by atoms with Gasteiger partial charge in [-0.15, -0.1) is 0 Å². The van der Waals surface area contributed by atoms with Crippen LogP contribution >= 0.6 is 0 Å². The Morgan fingerprint density at radius 1 is 0.739 bits per heavy atom. The monoisotopic (exact) mass is 402 g/mol. The molecule has 0 saturated carbocycles. The van der Waals surface area contributed by atoms with Crippen LogP contribution in [0.15, 0.2) is 0 Å². The van der Waals surface area contributed by atoms with Gasteiger partial charge >= 0.3 is 17.1 Å². The van der Waals surface area contributed by atoms with Gasteiger partial charge in [0.2, 0.25) is 0 Å². The van der Waals surface area contributed by atoms with Crippen molar-refractivity contribution in [2.75, 3.05) is 19.8 Å². The third kappa shape index (κ3) is 13.6. The molecule has 5 nitrogen and oxygen atoms in total. The Kier molecular flexibility index (Phi) is 9.66. The van der Waals surface area contributed by atoms with Crippen molar-refractivity contribution >= 4 is 33.8 Å². The van der Waals surface area contributed by atoms with Crippen LogP contribution in [0.25, 0.3) is 0 Å². The van der Waals surface area contributed by atoms with E-state index in [2.05, 4.69) is 58.9 Å². The van der Waals surface area contributed by atoms with Crippen molar-refractivity contribution in [1.29, 1.82) is 0 Å². The van der Waals surface area contributed by atoms with E-state index in [9.17, 15) is 0 Å². The molecule has 0 bridgehead atoms. The van der Waals surface area contributed by atoms with Gasteiger partial charge in [0.15, 0.2) is 16.6 Å². The summed E-state index contributed by atoms with van der Waals surface area (Å²) < 4.78 is 24.8. The topological polar surface area (TPSA) is 57.2 Å². The molecule has 0 aliphatic carbocycles. The van der Waals surface area contributed by atoms with E-state index in [0.29, 0.717) is 13.2 Å². The highest BCUT2D eigenvalue weighted by molar-refractivity contribution is 6.89. The van der Waals surface area contributed by atoms with Crippen LogP contribution in [0.3, 0.4) is 0 Å². The van der Waals surface area contributed by atoms with Gasteiger partial charge in [0.05, 0.1) is 13.2 Å². The van der Waals surface area contributed by atoms with Gasteiger partial charge < -0.3 is 22.2 Å².